The van der Waals surface area contributed by atoms with E-state index in [1.165, 1.54) is 0 Å². The molecule has 1 amide bonds. The van der Waals surface area contributed by atoms with E-state index in [9.17, 15) is 10.1 Å². The fraction of sp³-hybridized carbons (Fsp3) is 0.400. The van der Waals surface area contributed by atoms with Crippen LogP contribution in [0.5, 0.6) is 0 Å². The van der Waals surface area contributed by atoms with Crippen molar-refractivity contribution < 1.29 is 13.9 Å². The maximum atomic E-state index is 17.2. The van der Waals surface area contributed by atoms with E-state index in [-0.39, 0.29) is 53.0 Å². The van der Waals surface area contributed by atoms with Crippen LogP contribution in [0.4, 0.5) is 4.39 Å². The number of likely N-dealkylation sites (tertiary alicyclic amines) is 1. The normalized spacial score (nSPS) is 24.0. The SMILES string of the molecule is Cc1nc2c(F)c(-c3cccc(Cl)c3Cl)c(CCC#N)cc2c2c1cc([C@H]1C[C@H](OCc3ccncc3)CN1C(=O)C1CC1)n2[C@H]1[C@H]2CN[C@@H]1C2. The average molecular weight is 724 g/mol. The molecule has 1 N–H and O–H groups in total. The van der Waals surface area contributed by atoms with Crippen molar-refractivity contribution in [1.82, 2.24) is 24.8 Å². The van der Waals surface area contributed by atoms with Crippen molar-refractivity contribution in [3.05, 3.63) is 93.2 Å². The first kappa shape index (κ1) is 32.8. The Bertz CT molecular complexity index is 2240. The number of halogens is 3. The fourth-order valence-corrected chi connectivity index (χ4v) is 9.19. The summed E-state index contributed by atoms with van der Waals surface area (Å²) in [6, 6.07) is 15.8. The maximum absolute atomic E-state index is 17.2. The molecule has 260 valence electrons. The largest absolute Gasteiger partial charge is 0.372 e. The molecule has 8 nitrogen and oxygen atoms in total. The fourth-order valence-electron chi connectivity index (χ4n) is 8.80. The predicted octanol–water partition coefficient (Wildman–Crippen LogP) is 8.26. The van der Waals surface area contributed by atoms with Crippen molar-refractivity contribution in [2.75, 3.05) is 13.1 Å². The molecule has 11 heteroatoms. The number of carbonyl (C=O) groups is 1. The first-order chi connectivity index (χ1) is 24.8. The van der Waals surface area contributed by atoms with Gasteiger partial charge in [-0.25, -0.2) is 9.37 Å². The van der Waals surface area contributed by atoms with E-state index in [4.69, 9.17) is 32.9 Å². The van der Waals surface area contributed by atoms with Crippen molar-refractivity contribution in [2.24, 2.45) is 11.8 Å². The average Bonchev–Trinajstić information content (AvgIpc) is 3.43. The van der Waals surface area contributed by atoms with E-state index in [2.05, 4.69) is 31.9 Å². The Labute approximate surface area is 305 Å². The lowest BCUT2D eigenvalue weighted by atomic mass is 9.79. The lowest BCUT2D eigenvalue weighted by molar-refractivity contribution is -0.134. The number of benzene rings is 2. The first-order valence-electron chi connectivity index (χ1n) is 17.8. The second-order valence-electron chi connectivity index (χ2n) is 14.6. The van der Waals surface area contributed by atoms with Crippen LogP contribution in [-0.4, -0.2) is 50.6 Å². The third-order valence-corrected chi connectivity index (χ3v) is 12.3. The van der Waals surface area contributed by atoms with Crippen LogP contribution in [0.2, 0.25) is 10.0 Å². The van der Waals surface area contributed by atoms with Gasteiger partial charge in [0.05, 0.1) is 46.4 Å². The molecule has 3 aromatic heterocycles. The topological polar surface area (TPSA) is 96.1 Å². The highest BCUT2D eigenvalue weighted by Gasteiger charge is 2.51. The zero-order valence-electron chi connectivity index (χ0n) is 28.2. The number of aryl methyl sites for hydroxylation is 2. The molecule has 6 heterocycles. The molecular formula is C40H37Cl2FN6O2. The molecule has 2 aromatic carbocycles. The molecule has 0 radical (unpaired) electrons. The second kappa shape index (κ2) is 12.9. The highest BCUT2D eigenvalue weighted by Crippen LogP contribution is 2.51. The standard InChI is InChI=1S/C40H37Cl2FN6O2/c1-21-28-17-33(32-16-26(19-48(32)40(50)23-7-8-23)51-20-22-9-12-45-13-10-22)49(38-25-15-31(38)46-18-25)39(28)29-14-24(4-3-11-44)34(36(43)37(29)47-21)27-5-2-6-30(41)35(27)42/h2,5-6,9-10,12-14,17,23,25-26,31-32,38,46H,3-4,7-8,15-16,18-20H2,1H3/t25-,26+,31-,32-,38+/m1/s1. The Morgan fingerprint density at radius 1 is 1.14 bits per heavy atom. The van der Waals surface area contributed by atoms with Crippen LogP contribution in [0.1, 0.15) is 66.7 Å². The molecule has 5 fully saturated rings. The summed E-state index contributed by atoms with van der Waals surface area (Å²) in [7, 11) is 0. The minimum absolute atomic E-state index is 0.0589. The number of nitriles is 1. The Hall–Kier alpha value is -4.07. The Balaban J connectivity index is 1.24. The number of aromatic nitrogens is 3. The van der Waals surface area contributed by atoms with Crippen LogP contribution in [0.15, 0.2) is 54.9 Å². The van der Waals surface area contributed by atoms with Gasteiger partial charge >= 0.3 is 0 Å². The summed E-state index contributed by atoms with van der Waals surface area (Å²) >= 11 is 13.1. The van der Waals surface area contributed by atoms with Crippen molar-refractivity contribution in [2.45, 2.75) is 76.3 Å². The zero-order valence-corrected chi connectivity index (χ0v) is 29.7. The van der Waals surface area contributed by atoms with Gasteiger partial charge in [-0.05, 0) is 80.0 Å². The van der Waals surface area contributed by atoms with Crippen LogP contribution in [0.3, 0.4) is 0 Å². The molecule has 0 unspecified atom stereocenters. The summed E-state index contributed by atoms with van der Waals surface area (Å²) < 4.78 is 26.1. The van der Waals surface area contributed by atoms with Crippen molar-refractivity contribution in [1.29, 1.82) is 5.26 Å². The minimum atomic E-state index is -0.477. The van der Waals surface area contributed by atoms with Gasteiger partial charge in [-0.1, -0.05) is 35.3 Å². The molecule has 2 bridgehead atoms. The van der Waals surface area contributed by atoms with Crippen LogP contribution in [0, 0.1) is 35.9 Å². The zero-order chi connectivity index (χ0) is 35.0. The third-order valence-electron chi connectivity index (χ3n) is 11.5. The number of fused-ring (bicyclic) bond motifs is 4. The third kappa shape index (κ3) is 5.50. The lowest BCUT2D eigenvalue weighted by Gasteiger charge is -2.39. The highest BCUT2D eigenvalue weighted by atomic mass is 35.5. The van der Waals surface area contributed by atoms with E-state index in [0.717, 1.165) is 48.0 Å². The predicted molar refractivity (Wildman–Crippen MR) is 195 cm³/mol. The second-order valence-corrected chi connectivity index (χ2v) is 15.4. The molecule has 5 atom stereocenters. The summed E-state index contributed by atoms with van der Waals surface area (Å²) in [5, 5.41) is 15.5. The molecule has 5 aliphatic rings. The van der Waals surface area contributed by atoms with Gasteiger partial charge in [0, 0.05) is 83.6 Å². The first-order valence-corrected chi connectivity index (χ1v) is 18.6. The van der Waals surface area contributed by atoms with Gasteiger partial charge in [0.2, 0.25) is 5.91 Å². The van der Waals surface area contributed by atoms with E-state index >= 15 is 4.39 Å². The molecule has 0 spiro atoms. The van der Waals surface area contributed by atoms with Gasteiger partial charge in [-0.2, -0.15) is 5.26 Å². The Morgan fingerprint density at radius 2 is 1.96 bits per heavy atom. The van der Waals surface area contributed by atoms with Crippen LogP contribution < -0.4 is 5.32 Å². The number of hydrogen-bond acceptors (Lipinski definition) is 6. The van der Waals surface area contributed by atoms with E-state index in [1.54, 1.807) is 30.6 Å². The molecular weight excluding hydrogens is 686 g/mol. The summed E-state index contributed by atoms with van der Waals surface area (Å²) in [4.78, 5) is 25.1. The molecule has 5 aromatic rings. The van der Waals surface area contributed by atoms with Gasteiger partial charge in [0.1, 0.15) is 5.52 Å². The molecule has 2 saturated carbocycles. The number of pyridine rings is 2. The lowest BCUT2D eigenvalue weighted by Crippen LogP contribution is -2.41. The highest BCUT2D eigenvalue weighted by molar-refractivity contribution is 6.43. The van der Waals surface area contributed by atoms with Gasteiger partial charge in [-0.3, -0.25) is 9.78 Å². The number of carbonyl (C=O) groups excluding carboxylic acids is 1. The molecule has 2 aliphatic carbocycles. The van der Waals surface area contributed by atoms with Crippen LogP contribution in [0.25, 0.3) is 32.9 Å². The maximum Gasteiger partial charge on any atom is 0.226 e. The van der Waals surface area contributed by atoms with Gasteiger partial charge in [0.15, 0.2) is 5.82 Å². The number of nitrogens with zero attached hydrogens (tertiary/aromatic N) is 5. The number of rotatable bonds is 9. The monoisotopic (exact) mass is 722 g/mol. The summed E-state index contributed by atoms with van der Waals surface area (Å²) in [5.74, 6) is 0.195. The summed E-state index contributed by atoms with van der Waals surface area (Å²) in [6.07, 6.45) is 7.53. The molecule has 3 aliphatic heterocycles. The van der Waals surface area contributed by atoms with Crippen molar-refractivity contribution >= 4 is 50.9 Å². The Kier molecular flexibility index (Phi) is 8.27. The number of amides is 1. The molecule has 10 rings (SSSR count). The Morgan fingerprint density at radius 3 is 2.69 bits per heavy atom. The minimum Gasteiger partial charge on any atom is -0.372 e. The molecule has 3 saturated heterocycles. The smallest absolute Gasteiger partial charge is 0.226 e. The van der Waals surface area contributed by atoms with Gasteiger partial charge < -0.3 is 19.5 Å². The van der Waals surface area contributed by atoms with Crippen LogP contribution >= 0.6 is 23.2 Å². The van der Waals surface area contributed by atoms with E-state index in [1.807, 2.05) is 25.1 Å². The molecule has 51 heavy (non-hydrogen) atoms. The quantitative estimate of drug-likeness (QED) is 0.165. The van der Waals surface area contributed by atoms with Crippen molar-refractivity contribution in [3.8, 4) is 17.2 Å². The number of ether oxygens (including phenoxy) is 1. The van der Waals surface area contributed by atoms with Crippen LogP contribution in [-0.2, 0) is 22.6 Å². The summed E-state index contributed by atoms with van der Waals surface area (Å²) in [6.45, 7) is 3.82. The number of hydrogen-bond donors (Lipinski definition) is 1. The van der Waals surface area contributed by atoms with E-state index in [0.29, 0.717) is 64.7 Å². The van der Waals surface area contributed by atoms with Gasteiger partial charge in [-0.15, -0.1) is 0 Å². The summed E-state index contributed by atoms with van der Waals surface area (Å²) in [5.41, 5.74) is 5.48. The van der Waals surface area contributed by atoms with E-state index < -0.39 is 5.82 Å². The van der Waals surface area contributed by atoms with Gasteiger partial charge in [0.25, 0.3) is 0 Å². The van der Waals surface area contributed by atoms with Crippen molar-refractivity contribution in [3.63, 3.8) is 0 Å². The number of nitrogens with one attached hydrogen (secondary N) is 1.